The molecule has 1 saturated heterocycles. The van der Waals surface area contributed by atoms with Crippen molar-refractivity contribution in [2.45, 2.75) is 12.8 Å². The van der Waals surface area contributed by atoms with Crippen LogP contribution in [0, 0.1) is 6.92 Å². The molecular formula is C12H15N3O3. The van der Waals surface area contributed by atoms with Gasteiger partial charge in [0.15, 0.2) is 0 Å². The molecule has 6 heteroatoms. The number of nitrogens with one attached hydrogen (secondary N) is 1. The van der Waals surface area contributed by atoms with Crippen LogP contribution in [0.4, 0.5) is 0 Å². The molecular weight excluding hydrogens is 234 g/mol. The molecule has 6 nitrogen and oxygen atoms in total. The molecule has 0 saturated carbocycles. The maximum absolute atomic E-state index is 5.48. The van der Waals surface area contributed by atoms with Crippen molar-refractivity contribution in [1.29, 1.82) is 0 Å². The van der Waals surface area contributed by atoms with E-state index >= 15 is 0 Å². The second-order valence-corrected chi connectivity index (χ2v) is 4.32. The molecule has 1 N–H and O–H groups in total. The number of hydrogen-bond donors (Lipinski definition) is 1. The van der Waals surface area contributed by atoms with Crippen LogP contribution in [0.25, 0.3) is 11.4 Å². The van der Waals surface area contributed by atoms with Crippen molar-refractivity contribution in [2.24, 2.45) is 0 Å². The molecule has 0 spiro atoms. The maximum Gasteiger partial charge on any atom is 0.233 e. The van der Waals surface area contributed by atoms with Gasteiger partial charge < -0.3 is 19.0 Å². The largest absolute Gasteiger partial charge is 0.469 e. The van der Waals surface area contributed by atoms with E-state index in [-0.39, 0.29) is 5.92 Å². The van der Waals surface area contributed by atoms with E-state index < -0.39 is 0 Å². The Hall–Kier alpha value is -1.66. The van der Waals surface area contributed by atoms with Gasteiger partial charge in [0.1, 0.15) is 5.76 Å². The third kappa shape index (κ3) is 2.16. The Morgan fingerprint density at radius 3 is 3.22 bits per heavy atom. The Morgan fingerprint density at radius 1 is 1.44 bits per heavy atom. The molecule has 1 atom stereocenters. The molecule has 18 heavy (non-hydrogen) atoms. The van der Waals surface area contributed by atoms with E-state index in [9.17, 15) is 0 Å². The quantitative estimate of drug-likeness (QED) is 0.865. The van der Waals surface area contributed by atoms with Crippen LogP contribution in [0.1, 0.15) is 17.6 Å². The summed E-state index contributed by atoms with van der Waals surface area (Å²) in [7, 11) is 0. The number of ether oxygens (including phenoxy) is 1. The Morgan fingerprint density at radius 2 is 2.39 bits per heavy atom. The van der Waals surface area contributed by atoms with Gasteiger partial charge in [0, 0.05) is 13.1 Å². The molecule has 0 aromatic carbocycles. The van der Waals surface area contributed by atoms with Gasteiger partial charge in [0.2, 0.25) is 11.7 Å². The number of hydrogen-bond acceptors (Lipinski definition) is 6. The number of nitrogens with zero attached hydrogens (tertiary/aromatic N) is 2. The molecule has 3 heterocycles. The zero-order valence-corrected chi connectivity index (χ0v) is 10.2. The van der Waals surface area contributed by atoms with Crippen LogP contribution in [0.5, 0.6) is 0 Å². The third-order valence-corrected chi connectivity index (χ3v) is 3.02. The van der Waals surface area contributed by atoms with Gasteiger partial charge in [-0.25, -0.2) is 0 Å². The maximum atomic E-state index is 5.48. The molecule has 1 unspecified atom stereocenters. The molecule has 0 bridgehead atoms. The second kappa shape index (κ2) is 4.91. The number of furan rings is 1. The molecule has 1 fully saturated rings. The van der Waals surface area contributed by atoms with Crippen LogP contribution in [0.2, 0.25) is 0 Å². The smallest absolute Gasteiger partial charge is 0.233 e. The monoisotopic (exact) mass is 249 g/mol. The summed E-state index contributed by atoms with van der Waals surface area (Å²) in [6.07, 6.45) is 1.62. The lowest BCUT2D eigenvalue weighted by molar-refractivity contribution is 0.133. The van der Waals surface area contributed by atoms with Crippen molar-refractivity contribution < 1.29 is 13.7 Å². The van der Waals surface area contributed by atoms with E-state index in [1.807, 2.05) is 13.0 Å². The molecule has 0 aliphatic carbocycles. The number of rotatable bonds is 2. The molecule has 1 aliphatic rings. The molecule has 2 aromatic rings. The molecule has 0 radical (unpaired) electrons. The lowest BCUT2D eigenvalue weighted by atomic mass is 10.1. The van der Waals surface area contributed by atoms with Crippen molar-refractivity contribution in [2.75, 3.05) is 26.3 Å². The van der Waals surface area contributed by atoms with Crippen molar-refractivity contribution in [3.63, 3.8) is 0 Å². The van der Waals surface area contributed by atoms with Crippen LogP contribution in [-0.2, 0) is 4.74 Å². The predicted octanol–water partition coefficient (Wildman–Crippen LogP) is 1.34. The number of aryl methyl sites for hydroxylation is 1. The summed E-state index contributed by atoms with van der Waals surface area (Å²) in [4.78, 5) is 4.42. The van der Waals surface area contributed by atoms with Gasteiger partial charge in [-0.3, -0.25) is 0 Å². The first-order valence-electron chi connectivity index (χ1n) is 6.01. The molecule has 1 aliphatic heterocycles. The molecule has 2 aromatic heterocycles. The van der Waals surface area contributed by atoms with Crippen LogP contribution in [0.3, 0.4) is 0 Å². The van der Waals surface area contributed by atoms with E-state index in [2.05, 4.69) is 15.5 Å². The summed E-state index contributed by atoms with van der Waals surface area (Å²) in [5.41, 5.74) is 0.868. The first kappa shape index (κ1) is 11.4. The highest BCUT2D eigenvalue weighted by atomic mass is 16.5. The Bertz CT molecular complexity index is 512. The summed E-state index contributed by atoms with van der Waals surface area (Å²) in [6, 6.07) is 1.84. The Balaban J connectivity index is 1.82. The third-order valence-electron chi connectivity index (χ3n) is 3.02. The summed E-state index contributed by atoms with van der Waals surface area (Å²) in [6.45, 7) is 4.86. The van der Waals surface area contributed by atoms with Crippen LogP contribution in [-0.4, -0.2) is 36.4 Å². The van der Waals surface area contributed by atoms with Gasteiger partial charge in [0.25, 0.3) is 0 Å². The summed E-state index contributed by atoms with van der Waals surface area (Å²) in [5.74, 6) is 2.08. The number of aromatic nitrogens is 2. The SMILES string of the molecule is Cc1occc1-c1noc(C2CNCCOC2)n1. The highest BCUT2D eigenvalue weighted by molar-refractivity contribution is 5.56. The lowest BCUT2D eigenvalue weighted by Crippen LogP contribution is -2.21. The average molecular weight is 249 g/mol. The normalized spacial score (nSPS) is 20.8. The van der Waals surface area contributed by atoms with E-state index in [0.717, 1.165) is 31.0 Å². The van der Waals surface area contributed by atoms with Crippen LogP contribution >= 0.6 is 0 Å². The zero-order chi connectivity index (χ0) is 12.4. The zero-order valence-electron chi connectivity index (χ0n) is 10.2. The van der Waals surface area contributed by atoms with Crippen molar-refractivity contribution >= 4 is 0 Å². The highest BCUT2D eigenvalue weighted by Crippen LogP contribution is 2.23. The standard InChI is InChI=1S/C12H15N3O3/c1-8-10(2-4-17-8)11-14-12(18-15-11)9-6-13-3-5-16-7-9/h2,4,9,13H,3,5-7H2,1H3. The summed E-state index contributed by atoms with van der Waals surface area (Å²) >= 11 is 0. The summed E-state index contributed by atoms with van der Waals surface area (Å²) < 4.78 is 16.0. The van der Waals surface area contributed by atoms with Gasteiger partial charge in [-0.2, -0.15) is 4.98 Å². The van der Waals surface area contributed by atoms with E-state index in [0.29, 0.717) is 18.3 Å². The predicted molar refractivity (Wildman–Crippen MR) is 63.2 cm³/mol. The van der Waals surface area contributed by atoms with Crippen LogP contribution in [0.15, 0.2) is 21.3 Å². The molecule has 0 amide bonds. The minimum absolute atomic E-state index is 0.112. The van der Waals surface area contributed by atoms with Crippen molar-refractivity contribution in [1.82, 2.24) is 15.5 Å². The van der Waals surface area contributed by atoms with Gasteiger partial charge in [-0.15, -0.1) is 0 Å². The van der Waals surface area contributed by atoms with Gasteiger partial charge >= 0.3 is 0 Å². The van der Waals surface area contributed by atoms with Gasteiger partial charge in [-0.1, -0.05) is 5.16 Å². The fourth-order valence-electron chi connectivity index (χ4n) is 1.99. The lowest BCUT2D eigenvalue weighted by Gasteiger charge is -2.07. The topological polar surface area (TPSA) is 73.3 Å². The fraction of sp³-hybridized carbons (Fsp3) is 0.500. The van der Waals surface area contributed by atoms with E-state index in [1.54, 1.807) is 6.26 Å². The Kier molecular flexibility index (Phi) is 3.12. The summed E-state index contributed by atoms with van der Waals surface area (Å²) in [5, 5.41) is 7.28. The van der Waals surface area contributed by atoms with Crippen molar-refractivity contribution in [3.8, 4) is 11.4 Å². The van der Waals surface area contributed by atoms with Gasteiger partial charge in [-0.05, 0) is 13.0 Å². The van der Waals surface area contributed by atoms with E-state index in [1.165, 1.54) is 0 Å². The van der Waals surface area contributed by atoms with E-state index in [4.69, 9.17) is 13.7 Å². The second-order valence-electron chi connectivity index (χ2n) is 4.32. The van der Waals surface area contributed by atoms with Crippen molar-refractivity contribution in [3.05, 3.63) is 24.0 Å². The molecule has 96 valence electrons. The van der Waals surface area contributed by atoms with Crippen LogP contribution < -0.4 is 5.32 Å². The highest BCUT2D eigenvalue weighted by Gasteiger charge is 2.22. The minimum Gasteiger partial charge on any atom is -0.469 e. The minimum atomic E-state index is 0.112. The Labute approximate surface area is 104 Å². The average Bonchev–Trinajstić information content (AvgIpc) is 2.91. The first-order chi connectivity index (χ1) is 8.84. The first-order valence-corrected chi connectivity index (χ1v) is 6.01. The molecule has 3 rings (SSSR count). The fourth-order valence-corrected chi connectivity index (χ4v) is 1.99. The van der Waals surface area contributed by atoms with Gasteiger partial charge in [0.05, 0.1) is 31.0 Å².